The quantitative estimate of drug-likeness (QED) is 0.285. The van der Waals surface area contributed by atoms with Gasteiger partial charge in [0, 0.05) is 45.6 Å². The van der Waals surface area contributed by atoms with Crippen molar-refractivity contribution in [3.63, 3.8) is 0 Å². The van der Waals surface area contributed by atoms with Gasteiger partial charge in [-0.25, -0.2) is 4.79 Å². The molecule has 0 saturated carbocycles. The standard InChI is InChI=1S/C31H36N4O3/c1-33-29-17-9-8-16-28(29)32-30(33)38-27-18-20-35(31(36)37)26(21-27)15-10-19-34(22-24-11-4-2-5-12-24)23-25-13-6-3-7-14-25/h2-9,11-14,16-17,26-27H,10,15,18-23H2,1H3,(H,36,37)/t26-,27-/m0/s1. The molecule has 1 fully saturated rings. The van der Waals surface area contributed by atoms with Crippen LogP contribution in [0.15, 0.2) is 84.9 Å². The number of carbonyl (C=O) groups is 1. The van der Waals surface area contributed by atoms with Gasteiger partial charge in [-0.3, -0.25) is 9.47 Å². The van der Waals surface area contributed by atoms with Crippen molar-refractivity contribution in [1.29, 1.82) is 0 Å². The Hall–Kier alpha value is -3.84. The molecule has 3 aromatic carbocycles. The van der Waals surface area contributed by atoms with Gasteiger partial charge < -0.3 is 14.7 Å². The highest BCUT2D eigenvalue weighted by Crippen LogP contribution is 2.27. The second-order valence-electron chi connectivity index (χ2n) is 10.2. The molecule has 38 heavy (non-hydrogen) atoms. The predicted octanol–water partition coefficient (Wildman–Crippen LogP) is 5.95. The fourth-order valence-corrected chi connectivity index (χ4v) is 5.47. The number of rotatable bonds is 10. The van der Waals surface area contributed by atoms with E-state index >= 15 is 0 Å². The van der Waals surface area contributed by atoms with E-state index in [4.69, 9.17) is 4.74 Å². The number of aryl methyl sites for hydroxylation is 1. The van der Waals surface area contributed by atoms with E-state index in [-0.39, 0.29) is 12.1 Å². The van der Waals surface area contributed by atoms with Crippen LogP contribution in [0.25, 0.3) is 11.0 Å². The van der Waals surface area contributed by atoms with Gasteiger partial charge in [0.25, 0.3) is 6.01 Å². The van der Waals surface area contributed by atoms with E-state index in [2.05, 4.69) is 58.4 Å². The molecule has 2 heterocycles. The molecule has 7 nitrogen and oxygen atoms in total. The molecule has 1 amide bonds. The molecule has 7 heteroatoms. The van der Waals surface area contributed by atoms with Gasteiger partial charge in [-0.05, 0) is 42.6 Å². The highest BCUT2D eigenvalue weighted by molar-refractivity contribution is 5.76. The average Bonchev–Trinajstić information content (AvgIpc) is 3.24. The minimum absolute atomic E-state index is 0.0594. The molecule has 198 valence electrons. The van der Waals surface area contributed by atoms with Crippen LogP contribution in [-0.2, 0) is 20.1 Å². The zero-order valence-corrected chi connectivity index (χ0v) is 21.9. The molecular formula is C31H36N4O3. The van der Waals surface area contributed by atoms with Crippen molar-refractivity contribution in [3.05, 3.63) is 96.1 Å². The number of hydrogen-bond acceptors (Lipinski definition) is 4. The average molecular weight is 513 g/mol. The molecule has 1 saturated heterocycles. The Kier molecular flexibility index (Phi) is 8.24. The smallest absolute Gasteiger partial charge is 0.407 e. The van der Waals surface area contributed by atoms with Gasteiger partial charge in [-0.15, -0.1) is 0 Å². The van der Waals surface area contributed by atoms with Crippen LogP contribution in [0.3, 0.4) is 0 Å². The number of likely N-dealkylation sites (tertiary alicyclic amines) is 1. The molecule has 1 N–H and O–H groups in total. The number of fused-ring (bicyclic) bond motifs is 1. The Morgan fingerprint density at radius 1 is 0.974 bits per heavy atom. The number of imidazole rings is 1. The molecule has 4 aromatic rings. The summed E-state index contributed by atoms with van der Waals surface area (Å²) in [5, 5.41) is 9.88. The predicted molar refractivity (Wildman–Crippen MR) is 149 cm³/mol. The van der Waals surface area contributed by atoms with Crippen molar-refractivity contribution >= 4 is 17.1 Å². The Bertz CT molecular complexity index is 1280. The van der Waals surface area contributed by atoms with Gasteiger partial charge in [0.1, 0.15) is 6.10 Å². The number of carboxylic acid groups (broad SMARTS) is 1. The first kappa shape index (κ1) is 25.8. The van der Waals surface area contributed by atoms with E-state index in [1.165, 1.54) is 11.1 Å². The van der Waals surface area contributed by atoms with Crippen molar-refractivity contribution in [2.75, 3.05) is 13.1 Å². The van der Waals surface area contributed by atoms with Crippen molar-refractivity contribution in [3.8, 4) is 6.01 Å². The van der Waals surface area contributed by atoms with Crippen molar-refractivity contribution in [2.24, 2.45) is 7.05 Å². The second kappa shape index (κ2) is 12.1. The number of hydrogen-bond donors (Lipinski definition) is 1. The minimum atomic E-state index is -0.846. The van der Waals surface area contributed by atoms with Crippen LogP contribution in [-0.4, -0.2) is 55.8 Å². The molecule has 5 rings (SSSR count). The van der Waals surface area contributed by atoms with E-state index in [0.717, 1.165) is 43.5 Å². The maximum Gasteiger partial charge on any atom is 0.407 e. The Labute approximate surface area is 224 Å². The highest BCUT2D eigenvalue weighted by Gasteiger charge is 2.33. The summed E-state index contributed by atoms with van der Waals surface area (Å²) in [5.74, 6) is 0. The monoisotopic (exact) mass is 512 g/mol. The third kappa shape index (κ3) is 6.34. The SMILES string of the molecule is Cn1c(O[C@H]2CCN(C(=O)O)[C@@H](CCCN(Cc3ccccc3)Cc3ccccc3)C2)nc2ccccc21. The van der Waals surface area contributed by atoms with Crippen molar-refractivity contribution < 1.29 is 14.6 Å². The number of aromatic nitrogens is 2. The summed E-state index contributed by atoms with van der Waals surface area (Å²) < 4.78 is 8.31. The molecule has 1 aromatic heterocycles. The highest BCUT2D eigenvalue weighted by atomic mass is 16.5. The third-order valence-corrected chi connectivity index (χ3v) is 7.44. The molecule has 1 aliphatic heterocycles. The molecule has 0 bridgehead atoms. The minimum Gasteiger partial charge on any atom is -0.465 e. The summed E-state index contributed by atoms with van der Waals surface area (Å²) >= 11 is 0. The fourth-order valence-electron chi connectivity index (χ4n) is 5.47. The Morgan fingerprint density at radius 3 is 2.24 bits per heavy atom. The molecular weight excluding hydrogens is 476 g/mol. The zero-order chi connectivity index (χ0) is 26.3. The normalized spacial score (nSPS) is 17.7. The third-order valence-electron chi connectivity index (χ3n) is 7.44. The number of amides is 1. The second-order valence-corrected chi connectivity index (χ2v) is 10.2. The van der Waals surface area contributed by atoms with Crippen molar-refractivity contribution in [1.82, 2.24) is 19.4 Å². The molecule has 0 spiro atoms. The number of benzene rings is 3. The maximum absolute atomic E-state index is 12.0. The molecule has 0 radical (unpaired) electrons. The first-order valence-corrected chi connectivity index (χ1v) is 13.4. The molecule has 0 aliphatic carbocycles. The summed E-state index contributed by atoms with van der Waals surface area (Å²) in [5.41, 5.74) is 4.49. The lowest BCUT2D eigenvalue weighted by atomic mass is 9.95. The van der Waals surface area contributed by atoms with E-state index in [9.17, 15) is 9.90 Å². The van der Waals surface area contributed by atoms with Gasteiger partial charge in [-0.1, -0.05) is 72.8 Å². The summed E-state index contributed by atoms with van der Waals surface area (Å²) in [7, 11) is 1.96. The van der Waals surface area contributed by atoms with Gasteiger partial charge >= 0.3 is 6.09 Å². The van der Waals surface area contributed by atoms with Gasteiger partial charge in [0.2, 0.25) is 0 Å². The van der Waals surface area contributed by atoms with Crippen LogP contribution in [0.4, 0.5) is 4.79 Å². The zero-order valence-electron chi connectivity index (χ0n) is 21.9. The summed E-state index contributed by atoms with van der Waals surface area (Å²) in [6.07, 6.45) is 2.15. The van der Waals surface area contributed by atoms with Crippen molar-refractivity contribution in [2.45, 2.75) is 50.9 Å². The molecule has 2 atom stereocenters. The van der Waals surface area contributed by atoms with Crippen LogP contribution in [0, 0.1) is 0 Å². The lowest BCUT2D eigenvalue weighted by molar-refractivity contribution is 0.0445. The Morgan fingerprint density at radius 2 is 1.61 bits per heavy atom. The van der Waals surface area contributed by atoms with Gasteiger partial charge in [0.05, 0.1) is 11.0 Å². The molecule has 0 unspecified atom stereocenters. The largest absolute Gasteiger partial charge is 0.465 e. The van der Waals surface area contributed by atoms with Gasteiger partial charge in [0.15, 0.2) is 0 Å². The van der Waals surface area contributed by atoms with E-state index < -0.39 is 6.09 Å². The van der Waals surface area contributed by atoms with Crippen LogP contribution < -0.4 is 4.74 Å². The van der Waals surface area contributed by atoms with Crippen LogP contribution >= 0.6 is 0 Å². The maximum atomic E-state index is 12.0. The van der Waals surface area contributed by atoms with E-state index in [1.807, 2.05) is 48.0 Å². The summed E-state index contributed by atoms with van der Waals surface area (Å²) in [6, 6.07) is 29.5. The lowest BCUT2D eigenvalue weighted by Gasteiger charge is -2.38. The van der Waals surface area contributed by atoms with Crippen LogP contribution in [0.1, 0.15) is 36.8 Å². The van der Waals surface area contributed by atoms with Crippen LogP contribution in [0.5, 0.6) is 6.01 Å². The summed E-state index contributed by atoms with van der Waals surface area (Å²) in [4.78, 5) is 20.7. The molecule has 1 aliphatic rings. The Balaban J connectivity index is 1.23. The first-order chi connectivity index (χ1) is 18.6. The van der Waals surface area contributed by atoms with Crippen LogP contribution in [0.2, 0.25) is 0 Å². The number of ether oxygens (including phenoxy) is 1. The van der Waals surface area contributed by atoms with E-state index in [0.29, 0.717) is 25.4 Å². The van der Waals surface area contributed by atoms with E-state index in [1.54, 1.807) is 4.90 Å². The lowest BCUT2D eigenvalue weighted by Crippen LogP contribution is -2.48. The topological polar surface area (TPSA) is 70.8 Å². The first-order valence-electron chi connectivity index (χ1n) is 13.4. The number of para-hydroxylation sites is 2. The summed E-state index contributed by atoms with van der Waals surface area (Å²) in [6.45, 7) is 3.10. The van der Waals surface area contributed by atoms with Gasteiger partial charge in [-0.2, -0.15) is 4.98 Å². The number of nitrogens with zero attached hydrogens (tertiary/aromatic N) is 4. The fraction of sp³-hybridized carbons (Fsp3) is 0.355. The number of piperidine rings is 1.